The van der Waals surface area contributed by atoms with Crippen molar-refractivity contribution in [3.63, 3.8) is 0 Å². The van der Waals surface area contributed by atoms with E-state index in [9.17, 15) is 18.0 Å². The maximum atomic E-state index is 13.3. The lowest BCUT2D eigenvalue weighted by atomic mass is 9.94. The average molecular weight is 243 g/mol. The van der Waals surface area contributed by atoms with Gasteiger partial charge < -0.3 is 4.74 Å². The minimum Gasteiger partial charge on any atom is -0.469 e. The van der Waals surface area contributed by atoms with Gasteiger partial charge in [0.25, 0.3) is 5.92 Å². The predicted octanol–water partition coefficient (Wildman–Crippen LogP) is 2.36. The van der Waals surface area contributed by atoms with E-state index in [1.165, 1.54) is 7.11 Å². The first kappa shape index (κ1) is 11.0. The average Bonchev–Trinajstić information content (AvgIpc) is 2.74. The molecule has 4 atom stereocenters. The number of halogens is 4. The second-order valence-electron chi connectivity index (χ2n) is 4.19. The van der Waals surface area contributed by atoms with Crippen LogP contribution in [0.5, 0.6) is 0 Å². The third-order valence-electron chi connectivity index (χ3n) is 3.32. The molecule has 0 saturated heterocycles. The van der Waals surface area contributed by atoms with Crippen molar-refractivity contribution in [3.8, 4) is 0 Å². The van der Waals surface area contributed by atoms with E-state index in [0.717, 1.165) is 0 Å². The number of carbonyl (C=O) groups is 1. The number of hydrogen-bond donors (Lipinski definition) is 0. The SMILES string of the molecule is COC(=O)[C@H]1[C@@H]2CC(F)(F)[C@](F)(Cl)C[C@@H]21. The number of fused-ring (bicyclic) bond motifs is 1. The number of hydrogen-bond acceptors (Lipinski definition) is 2. The Hall–Kier alpha value is -0.450. The normalized spacial score (nSPS) is 46.9. The highest BCUT2D eigenvalue weighted by atomic mass is 35.5. The molecule has 0 bridgehead atoms. The summed E-state index contributed by atoms with van der Waals surface area (Å²) in [4.78, 5) is 11.1. The summed E-state index contributed by atoms with van der Waals surface area (Å²) >= 11 is 5.13. The first-order valence-corrected chi connectivity index (χ1v) is 5.01. The Bertz CT molecular complexity index is 284. The summed E-state index contributed by atoms with van der Waals surface area (Å²) in [6.07, 6.45) is -1.15. The van der Waals surface area contributed by atoms with Crippen molar-refractivity contribution in [1.82, 2.24) is 0 Å². The van der Waals surface area contributed by atoms with Gasteiger partial charge in [0.1, 0.15) is 0 Å². The minimum atomic E-state index is -3.56. The maximum Gasteiger partial charge on any atom is 0.309 e. The lowest BCUT2D eigenvalue weighted by molar-refractivity contribution is -0.142. The highest BCUT2D eigenvalue weighted by Gasteiger charge is 2.70. The number of methoxy groups -OCH3 is 1. The number of alkyl halides is 4. The molecule has 0 radical (unpaired) electrons. The Labute approximate surface area is 89.7 Å². The zero-order chi connectivity index (χ0) is 11.4. The monoisotopic (exact) mass is 242 g/mol. The molecule has 0 unspecified atom stereocenters. The van der Waals surface area contributed by atoms with E-state index < -0.39 is 41.7 Å². The maximum absolute atomic E-state index is 13.3. The van der Waals surface area contributed by atoms with E-state index in [0.29, 0.717) is 0 Å². The summed E-state index contributed by atoms with van der Waals surface area (Å²) in [5.41, 5.74) is 0. The zero-order valence-corrected chi connectivity index (χ0v) is 8.73. The van der Waals surface area contributed by atoms with Crippen molar-refractivity contribution in [2.45, 2.75) is 23.9 Å². The lowest BCUT2D eigenvalue weighted by Crippen LogP contribution is -2.43. The topological polar surface area (TPSA) is 26.3 Å². The Morgan fingerprint density at radius 2 is 1.87 bits per heavy atom. The number of carbonyl (C=O) groups excluding carboxylic acids is 1. The van der Waals surface area contributed by atoms with Crippen LogP contribution in [0.4, 0.5) is 13.2 Å². The summed E-state index contributed by atoms with van der Waals surface area (Å²) in [5, 5.41) is -3.02. The molecule has 0 aliphatic heterocycles. The largest absolute Gasteiger partial charge is 0.469 e. The zero-order valence-electron chi connectivity index (χ0n) is 7.97. The number of rotatable bonds is 1. The molecular formula is C9H10ClF3O2. The quantitative estimate of drug-likeness (QED) is 0.521. The second kappa shape index (κ2) is 3.03. The highest BCUT2D eigenvalue weighted by Crippen LogP contribution is 2.64. The van der Waals surface area contributed by atoms with Crippen molar-refractivity contribution in [3.05, 3.63) is 0 Å². The van der Waals surface area contributed by atoms with Gasteiger partial charge in [-0.25, -0.2) is 13.2 Å². The molecule has 0 N–H and O–H groups in total. The molecule has 0 spiro atoms. The van der Waals surface area contributed by atoms with Gasteiger partial charge in [0.05, 0.1) is 13.0 Å². The molecule has 2 nitrogen and oxygen atoms in total. The molecule has 15 heavy (non-hydrogen) atoms. The van der Waals surface area contributed by atoms with Crippen LogP contribution < -0.4 is 0 Å². The van der Waals surface area contributed by atoms with Crippen LogP contribution in [0.1, 0.15) is 12.8 Å². The van der Waals surface area contributed by atoms with E-state index >= 15 is 0 Å². The molecule has 2 fully saturated rings. The predicted molar refractivity (Wildman–Crippen MR) is 46.4 cm³/mol. The van der Waals surface area contributed by atoms with Crippen molar-refractivity contribution >= 4 is 17.6 Å². The number of ether oxygens (including phenoxy) is 1. The lowest BCUT2D eigenvalue weighted by Gasteiger charge is -2.31. The van der Waals surface area contributed by atoms with Gasteiger partial charge in [0.15, 0.2) is 0 Å². The standard InChI is InChI=1S/C9H10ClF3O2/c1-15-7(14)6-4-2-8(10,11)9(12,13)3-5(4)6/h4-6H,2-3H2,1H3/t4-,5+,6+,8-/m0/s1. The molecule has 0 aromatic rings. The Morgan fingerprint density at radius 1 is 1.33 bits per heavy atom. The van der Waals surface area contributed by atoms with Gasteiger partial charge in [-0.2, -0.15) is 0 Å². The molecule has 0 heterocycles. The van der Waals surface area contributed by atoms with Crippen LogP contribution in [0.2, 0.25) is 0 Å². The van der Waals surface area contributed by atoms with Crippen LogP contribution in [-0.4, -0.2) is 24.1 Å². The van der Waals surface area contributed by atoms with E-state index in [2.05, 4.69) is 4.74 Å². The summed E-state index contributed by atoms with van der Waals surface area (Å²) in [5.74, 6) is -5.57. The summed E-state index contributed by atoms with van der Waals surface area (Å²) in [6.45, 7) is 0. The highest BCUT2D eigenvalue weighted by molar-refractivity contribution is 6.23. The summed E-state index contributed by atoms with van der Waals surface area (Å²) in [6, 6.07) is 0. The van der Waals surface area contributed by atoms with Crippen molar-refractivity contribution < 1.29 is 22.7 Å². The Balaban J connectivity index is 2.12. The van der Waals surface area contributed by atoms with Crippen LogP contribution in [0, 0.1) is 17.8 Å². The molecule has 86 valence electrons. The fraction of sp³-hybridized carbons (Fsp3) is 0.889. The first-order chi connectivity index (χ1) is 6.80. The Kier molecular flexibility index (Phi) is 2.23. The van der Waals surface area contributed by atoms with Gasteiger partial charge in [0, 0.05) is 12.8 Å². The van der Waals surface area contributed by atoms with Crippen molar-refractivity contribution in [2.75, 3.05) is 7.11 Å². The molecule has 2 saturated carbocycles. The summed E-state index contributed by atoms with van der Waals surface area (Å²) in [7, 11) is 1.19. The van der Waals surface area contributed by atoms with Crippen LogP contribution in [0.25, 0.3) is 0 Å². The Morgan fingerprint density at radius 3 is 2.33 bits per heavy atom. The van der Waals surface area contributed by atoms with Crippen molar-refractivity contribution in [2.24, 2.45) is 17.8 Å². The molecule has 0 aromatic carbocycles. The molecule has 0 aromatic heterocycles. The van der Waals surface area contributed by atoms with E-state index in [-0.39, 0.29) is 5.92 Å². The van der Waals surface area contributed by atoms with Gasteiger partial charge in [0.2, 0.25) is 5.13 Å². The first-order valence-electron chi connectivity index (χ1n) is 4.63. The third-order valence-corrected chi connectivity index (χ3v) is 3.75. The van der Waals surface area contributed by atoms with E-state index in [4.69, 9.17) is 11.6 Å². The van der Waals surface area contributed by atoms with Gasteiger partial charge in [-0.05, 0) is 11.8 Å². The van der Waals surface area contributed by atoms with Gasteiger partial charge in [-0.3, -0.25) is 4.79 Å². The van der Waals surface area contributed by atoms with Crippen molar-refractivity contribution in [1.29, 1.82) is 0 Å². The van der Waals surface area contributed by atoms with Gasteiger partial charge >= 0.3 is 5.97 Å². The van der Waals surface area contributed by atoms with Crippen LogP contribution in [-0.2, 0) is 9.53 Å². The van der Waals surface area contributed by atoms with E-state index in [1.54, 1.807) is 0 Å². The molecule has 0 amide bonds. The van der Waals surface area contributed by atoms with Crippen LogP contribution in [0.3, 0.4) is 0 Å². The van der Waals surface area contributed by atoms with Crippen LogP contribution >= 0.6 is 11.6 Å². The fourth-order valence-corrected chi connectivity index (χ4v) is 2.63. The third kappa shape index (κ3) is 1.51. The second-order valence-corrected chi connectivity index (χ2v) is 4.79. The smallest absolute Gasteiger partial charge is 0.309 e. The molecule has 2 aliphatic rings. The number of esters is 1. The van der Waals surface area contributed by atoms with Gasteiger partial charge in [-0.1, -0.05) is 11.6 Å². The minimum absolute atomic E-state index is 0.389. The molecule has 2 rings (SSSR count). The fourth-order valence-electron chi connectivity index (χ4n) is 2.38. The molecule has 2 aliphatic carbocycles. The molecular weight excluding hydrogens is 233 g/mol. The van der Waals surface area contributed by atoms with E-state index in [1.807, 2.05) is 0 Å². The van der Waals surface area contributed by atoms with Crippen LogP contribution in [0.15, 0.2) is 0 Å². The van der Waals surface area contributed by atoms with Gasteiger partial charge in [-0.15, -0.1) is 0 Å². The summed E-state index contributed by atoms with van der Waals surface area (Å²) < 4.78 is 44.1. The molecule has 6 heteroatoms.